The van der Waals surface area contributed by atoms with Crippen molar-refractivity contribution in [1.29, 1.82) is 0 Å². The first-order valence-electron chi connectivity index (χ1n) is 1.57. The predicted molar refractivity (Wildman–Crippen MR) is 35.3 cm³/mol. The molecule has 0 aliphatic heterocycles. The van der Waals surface area contributed by atoms with E-state index in [1.807, 2.05) is 0 Å². The molecule has 36 valence electrons. The second-order valence-corrected chi connectivity index (χ2v) is 2.20. The third-order valence-corrected chi connectivity index (χ3v) is 1.18. The van der Waals surface area contributed by atoms with Crippen molar-refractivity contribution >= 4 is 22.6 Å². The molecule has 4 N–H and O–H groups in total. The van der Waals surface area contributed by atoms with Gasteiger partial charge in [0.25, 0.3) is 0 Å². The average Bonchev–Trinajstić information content (AvgIpc) is 1.65. The van der Waals surface area contributed by atoms with Crippen molar-refractivity contribution in [2.45, 2.75) is 0 Å². The summed E-state index contributed by atoms with van der Waals surface area (Å²) in [6, 6.07) is 0. The number of nitrogens with two attached hydrogens (primary N) is 2. The first kappa shape index (κ1) is 6.23. The summed E-state index contributed by atoms with van der Waals surface area (Å²) in [5.41, 5.74) is 10.2. The highest BCUT2D eigenvalue weighted by Crippen LogP contribution is 1.97. The standard InChI is InChI=1S/C3H7IN2/c4-3(1-5)2-6/h1H,2,5-6H2/b3-1-. The molecule has 0 rings (SSSR count). The molecule has 0 unspecified atom stereocenters. The number of rotatable bonds is 1. The van der Waals surface area contributed by atoms with Gasteiger partial charge in [0.1, 0.15) is 0 Å². The zero-order chi connectivity index (χ0) is 4.99. The van der Waals surface area contributed by atoms with Crippen LogP contribution in [0.1, 0.15) is 0 Å². The molecule has 3 heteroatoms. The molecule has 0 radical (unpaired) electrons. The lowest BCUT2D eigenvalue weighted by molar-refractivity contribution is 1.23. The Kier molecular flexibility index (Phi) is 3.55. The Morgan fingerprint density at radius 2 is 2.33 bits per heavy atom. The first-order valence-corrected chi connectivity index (χ1v) is 2.65. The van der Waals surface area contributed by atoms with Crippen LogP contribution in [0, 0.1) is 0 Å². The second-order valence-electron chi connectivity index (χ2n) is 0.818. The molecule has 0 aliphatic rings. The van der Waals surface area contributed by atoms with Crippen LogP contribution in [0.2, 0.25) is 0 Å². The summed E-state index contributed by atoms with van der Waals surface area (Å²) in [6.07, 6.45) is 1.50. The van der Waals surface area contributed by atoms with Crippen molar-refractivity contribution in [3.8, 4) is 0 Å². The summed E-state index contributed by atoms with van der Waals surface area (Å²) >= 11 is 2.08. The van der Waals surface area contributed by atoms with E-state index in [4.69, 9.17) is 11.5 Å². The van der Waals surface area contributed by atoms with Crippen LogP contribution < -0.4 is 11.5 Å². The summed E-state index contributed by atoms with van der Waals surface area (Å²) in [7, 11) is 0. The SMILES string of the molecule is N/C=C(\I)CN. The van der Waals surface area contributed by atoms with Crippen molar-refractivity contribution in [3.63, 3.8) is 0 Å². The van der Waals surface area contributed by atoms with Gasteiger partial charge in [0.05, 0.1) is 0 Å². The van der Waals surface area contributed by atoms with Crippen molar-refractivity contribution in [3.05, 3.63) is 9.78 Å². The third kappa shape index (κ3) is 2.47. The van der Waals surface area contributed by atoms with E-state index in [9.17, 15) is 0 Å². The molecular formula is C3H7IN2. The molecular weight excluding hydrogens is 191 g/mol. The number of hydrogen-bond donors (Lipinski definition) is 2. The van der Waals surface area contributed by atoms with E-state index in [1.165, 1.54) is 6.20 Å². The smallest absolute Gasteiger partial charge is 0.0251 e. The molecule has 0 atom stereocenters. The fourth-order valence-electron chi connectivity index (χ4n) is 0.0680. The Balaban J connectivity index is 3.22. The van der Waals surface area contributed by atoms with Gasteiger partial charge < -0.3 is 11.5 Å². The second kappa shape index (κ2) is 3.42. The Hall–Kier alpha value is 0.230. The monoisotopic (exact) mass is 198 g/mol. The van der Waals surface area contributed by atoms with E-state index in [2.05, 4.69) is 22.6 Å². The number of halogens is 1. The van der Waals surface area contributed by atoms with Gasteiger partial charge in [-0.1, -0.05) is 0 Å². The molecule has 0 aliphatic carbocycles. The Labute approximate surface area is 50.7 Å². The highest BCUT2D eigenvalue weighted by molar-refractivity contribution is 14.1. The zero-order valence-corrected chi connectivity index (χ0v) is 5.47. The molecule has 0 heterocycles. The van der Waals surface area contributed by atoms with Crippen LogP contribution in [-0.2, 0) is 0 Å². The minimum Gasteiger partial charge on any atom is -0.404 e. The highest BCUT2D eigenvalue weighted by atomic mass is 127. The number of hydrogen-bond acceptors (Lipinski definition) is 2. The Bertz CT molecular complexity index is 59.8. The van der Waals surface area contributed by atoms with E-state index in [0.29, 0.717) is 6.54 Å². The van der Waals surface area contributed by atoms with Crippen LogP contribution in [0.15, 0.2) is 9.78 Å². The first-order chi connectivity index (χ1) is 2.81. The van der Waals surface area contributed by atoms with E-state index in [1.54, 1.807) is 0 Å². The molecule has 0 aromatic heterocycles. The van der Waals surface area contributed by atoms with E-state index in [0.717, 1.165) is 3.58 Å². The topological polar surface area (TPSA) is 52.0 Å². The highest BCUT2D eigenvalue weighted by Gasteiger charge is 1.76. The molecule has 2 nitrogen and oxygen atoms in total. The average molecular weight is 198 g/mol. The molecule has 0 saturated heterocycles. The summed E-state index contributed by atoms with van der Waals surface area (Å²) in [4.78, 5) is 0. The van der Waals surface area contributed by atoms with Gasteiger partial charge in [-0.3, -0.25) is 0 Å². The fraction of sp³-hybridized carbons (Fsp3) is 0.333. The molecule has 0 saturated carbocycles. The lowest BCUT2D eigenvalue weighted by atomic mass is 10.6. The van der Waals surface area contributed by atoms with E-state index < -0.39 is 0 Å². The van der Waals surface area contributed by atoms with Crippen molar-refractivity contribution in [2.75, 3.05) is 6.54 Å². The minimum absolute atomic E-state index is 0.553. The lowest BCUT2D eigenvalue weighted by Crippen LogP contribution is -1.98. The van der Waals surface area contributed by atoms with Crippen LogP contribution in [0.5, 0.6) is 0 Å². The summed E-state index contributed by atoms with van der Waals surface area (Å²) in [6.45, 7) is 0.553. The lowest BCUT2D eigenvalue weighted by Gasteiger charge is -1.83. The Morgan fingerprint density at radius 1 is 1.83 bits per heavy atom. The van der Waals surface area contributed by atoms with E-state index in [-0.39, 0.29) is 0 Å². The Morgan fingerprint density at radius 3 is 2.33 bits per heavy atom. The van der Waals surface area contributed by atoms with Crippen LogP contribution in [0.3, 0.4) is 0 Å². The molecule has 6 heavy (non-hydrogen) atoms. The van der Waals surface area contributed by atoms with Crippen LogP contribution in [-0.4, -0.2) is 6.54 Å². The minimum atomic E-state index is 0.553. The molecule has 0 fully saturated rings. The maximum Gasteiger partial charge on any atom is 0.0251 e. The third-order valence-electron chi connectivity index (χ3n) is 0.376. The van der Waals surface area contributed by atoms with Gasteiger partial charge in [0, 0.05) is 16.3 Å². The van der Waals surface area contributed by atoms with Crippen LogP contribution in [0.4, 0.5) is 0 Å². The fourth-order valence-corrected chi connectivity index (χ4v) is 0.0680. The van der Waals surface area contributed by atoms with Gasteiger partial charge in [-0.05, 0) is 22.6 Å². The van der Waals surface area contributed by atoms with Crippen molar-refractivity contribution in [1.82, 2.24) is 0 Å². The molecule has 0 amide bonds. The summed E-state index contributed by atoms with van der Waals surface area (Å²) in [5.74, 6) is 0. The molecule has 0 bridgehead atoms. The largest absolute Gasteiger partial charge is 0.404 e. The quantitative estimate of drug-likeness (QED) is 0.590. The normalized spacial score (nSPS) is 12.0. The van der Waals surface area contributed by atoms with Gasteiger partial charge in [0.15, 0.2) is 0 Å². The molecule has 0 aromatic rings. The van der Waals surface area contributed by atoms with Gasteiger partial charge in [0.2, 0.25) is 0 Å². The van der Waals surface area contributed by atoms with Gasteiger partial charge >= 0.3 is 0 Å². The van der Waals surface area contributed by atoms with Gasteiger partial charge in [-0.25, -0.2) is 0 Å². The van der Waals surface area contributed by atoms with E-state index >= 15 is 0 Å². The van der Waals surface area contributed by atoms with Crippen LogP contribution in [0.25, 0.3) is 0 Å². The molecule has 0 spiro atoms. The van der Waals surface area contributed by atoms with Crippen LogP contribution >= 0.6 is 22.6 Å². The predicted octanol–water partition coefficient (Wildman–Crippen LogP) is 0.180. The van der Waals surface area contributed by atoms with Gasteiger partial charge in [-0.15, -0.1) is 0 Å². The van der Waals surface area contributed by atoms with Gasteiger partial charge in [-0.2, -0.15) is 0 Å². The molecule has 0 aromatic carbocycles. The van der Waals surface area contributed by atoms with Crippen molar-refractivity contribution < 1.29 is 0 Å². The summed E-state index contributed by atoms with van der Waals surface area (Å²) < 4.78 is 0.993. The maximum atomic E-state index is 5.13. The maximum absolute atomic E-state index is 5.13. The van der Waals surface area contributed by atoms with Crippen molar-refractivity contribution in [2.24, 2.45) is 11.5 Å². The zero-order valence-electron chi connectivity index (χ0n) is 3.32. The summed E-state index contributed by atoms with van der Waals surface area (Å²) in [5, 5.41) is 0.